The highest BCUT2D eigenvalue weighted by Crippen LogP contribution is 2.28. The number of fused-ring (bicyclic) bond motifs is 1. The lowest BCUT2D eigenvalue weighted by Crippen LogP contribution is -1.87. The molecular formula is C8H2Br2Cl2N2. The zero-order valence-corrected chi connectivity index (χ0v) is 11.2. The highest BCUT2D eigenvalue weighted by molar-refractivity contribution is 9.13. The van der Waals surface area contributed by atoms with Gasteiger partial charge in [0.1, 0.15) is 9.21 Å². The van der Waals surface area contributed by atoms with Crippen molar-refractivity contribution in [3.8, 4) is 0 Å². The molecular weight excluding hydrogens is 355 g/mol. The SMILES string of the molecule is Clc1cc2nc(Br)c(Br)nc2cc1Cl. The van der Waals surface area contributed by atoms with Gasteiger partial charge in [0, 0.05) is 0 Å². The van der Waals surface area contributed by atoms with Crippen LogP contribution in [0.25, 0.3) is 11.0 Å². The topological polar surface area (TPSA) is 25.8 Å². The minimum Gasteiger partial charge on any atom is -0.236 e. The summed E-state index contributed by atoms with van der Waals surface area (Å²) in [6.45, 7) is 0. The predicted molar refractivity (Wildman–Crippen MR) is 65.0 cm³/mol. The van der Waals surface area contributed by atoms with Crippen molar-refractivity contribution in [2.75, 3.05) is 0 Å². The molecule has 72 valence electrons. The van der Waals surface area contributed by atoms with Crippen LogP contribution < -0.4 is 0 Å². The van der Waals surface area contributed by atoms with Gasteiger partial charge in [0.05, 0.1) is 21.1 Å². The van der Waals surface area contributed by atoms with Crippen LogP contribution in [0.3, 0.4) is 0 Å². The van der Waals surface area contributed by atoms with Gasteiger partial charge in [0.25, 0.3) is 0 Å². The minimum absolute atomic E-state index is 0.475. The third-order valence-corrected chi connectivity index (χ3v) is 3.98. The lowest BCUT2D eigenvalue weighted by molar-refractivity contribution is 1.21. The quantitative estimate of drug-likeness (QED) is 0.696. The molecule has 14 heavy (non-hydrogen) atoms. The van der Waals surface area contributed by atoms with Crippen LogP contribution in [-0.2, 0) is 0 Å². The summed E-state index contributed by atoms with van der Waals surface area (Å²) in [6, 6.07) is 3.37. The van der Waals surface area contributed by atoms with Crippen molar-refractivity contribution in [3.63, 3.8) is 0 Å². The van der Waals surface area contributed by atoms with Gasteiger partial charge >= 0.3 is 0 Å². The van der Waals surface area contributed by atoms with Gasteiger partial charge in [-0.3, -0.25) is 0 Å². The Kier molecular flexibility index (Phi) is 2.98. The number of hydrogen-bond acceptors (Lipinski definition) is 2. The highest BCUT2D eigenvalue weighted by atomic mass is 79.9. The van der Waals surface area contributed by atoms with E-state index >= 15 is 0 Å². The molecule has 1 aromatic heterocycles. The Morgan fingerprint density at radius 2 is 1.21 bits per heavy atom. The smallest absolute Gasteiger partial charge is 0.139 e. The highest BCUT2D eigenvalue weighted by Gasteiger charge is 2.06. The van der Waals surface area contributed by atoms with E-state index in [-0.39, 0.29) is 0 Å². The average molecular weight is 357 g/mol. The zero-order valence-electron chi connectivity index (χ0n) is 6.56. The molecule has 2 aromatic rings. The van der Waals surface area contributed by atoms with E-state index in [0.29, 0.717) is 30.3 Å². The van der Waals surface area contributed by atoms with E-state index in [4.69, 9.17) is 23.2 Å². The maximum absolute atomic E-state index is 5.85. The van der Waals surface area contributed by atoms with E-state index in [9.17, 15) is 0 Å². The summed E-state index contributed by atoms with van der Waals surface area (Å²) < 4.78 is 1.28. The molecule has 1 heterocycles. The fraction of sp³-hybridized carbons (Fsp3) is 0. The van der Waals surface area contributed by atoms with Crippen molar-refractivity contribution in [2.45, 2.75) is 0 Å². The Bertz CT molecular complexity index is 427. The van der Waals surface area contributed by atoms with Crippen molar-refractivity contribution < 1.29 is 0 Å². The van der Waals surface area contributed by atoms with Gasteiger partial charge in [-0.2, -0.15) is 0 Å². The summed E-state index contributed by atoms with van der Waals surface area (Å²) in [5.74, 6) is 0. The standard InChI is InChI=1S/C8H2Br2Cl2N2/c9-7-8(10)14-6-2-4(12)3(11)1-5(6)13-7/h1-2H. The molecule has 0 unspecified atom stereocenters. The van der Waals surface area contributed by atoms with E-state index in [1.165, 1.54) is 0 Å². The summed E-state index contributed by atoms with van der Waals surface area (Å²) in [4.78, 5) is 8.48. The molecule has 6 heteroatoms. The summed E-state index contributed by atoms with van der Waals surface area (Å²) in [5, 5.41) is 0.949. The first-order chi connectivity index (χ1) is 6.58. The van der Waals surface area contributed by atoms with Crippen LogP contribution in [0.15, 0.2) is 21.3 Å². The Labute approximate surface area is 107 Å². The lowest BCUT2D eigenvalue weighted by atomic mass is 10.3. The van der Waals surface area contributed by atoms with Crippen LogP contribution in [0.5, 0.6) is 0 Å². The molecule has 0 fully saturated rings. The molecule has 0 aliphatic carbocycles. The van der Waals surface area contributed by atoms with Crippen molar-refractivity contribution in [1.29, 1.82) is 0 Å². The maximum atomic E-state index is 5.85. The second-order valence-corrected chi connectivity index (χ2v) is 4.88. The van der Waals surface area contributed by atoms with E-state index < -0.39 is 0 Å². The second-order valence-electron chi connectivity index (χ2n) is 2.56. The number of halogens is 4. The van der Waals surface area contributed by atoms with Gasteiger partial charge in [-0.15, -0.1) is 0 Å². The number of benzene rings is 1. The van der Waals surface area contributed by atoms with E-state index in [0.717, 1.165) is 0 Å². The van der Waals surface area contributed by atoms with Crippen LogP contribution in [0.1, 0.15) is 0 Å². The number of aromatic nitrogens is 2. The van der Waals surface area contributed by atoms with Crippen molar-refractivity contribution in [1.82, 2.24) is 9.97 Å². The zero-order chi connectivity index (χ0) is 10.3. The Hall–Kier alpha value is 0.1000. The van der Waals surface area contributed by atoms with Gasteiger partial charge in [0.15, 0.2) is 0 Å². The molecule has 0 atom stereocenters. The average Bonchev–Trinajstić information content (AvgIpc) is 2.11. The molecule has 0 saturated carbocycles. The number of rotatable bonds is 0. The normalized spacial score (nSPS) is 10.9. The first-order valence-electron chi connectivity index (χ1n) is 3.56. The second kappa shape index (κ2) is 3.93. The van der Waals surface area contributed by atoms with Gasteiger partial charge < -0.3 is 0 Å². The lowest BCUT2D eigenvalue weighted by Gasteiger charge is -2.01. The predicted octanol–water partition coefficient (Wildman–Crippen LogP) is 4.46. The maximum Gasteiger partial charge on any atom is 0.139 e. The van der Waals surface area contributed by atoms with Crippen LogP contribution >= 0.6 is 55.1 Å². The van der Waals surface area contributed by atoms with E-state index in [1.54, 1.807) is 12.1 Å². The van der Waals surface area contributed by atoms with Crippen molar-refractivity contribution in [2.24, 2.45) is 0 Å². The summed E-state index contributed by atoms with van der Waals surface area (Å²) >= 11 is 18.2. The van der Waals surface area contributed by atoms with Gasteiger partial charge in [0.2, 0.25) is 0 Å². The molecule has 2 rings (SSSR count). The molecule has 0 spiro atoms. The summed E-state index contributed by atoms with van der Waals surface area (Å²) in [5.41, 5.74) is 1.41. The molecule has 0 amide bonds. The summed E-state index contributed by atoms with van der Waals surface area (Å²) in [6.07, 6.45) is 0. The van der Waals surface area contributed by atoms with Gasteiger partial charge in [-0.25, -0.2) is 9.97 Å². The number of nitrogens with zero attached hydrogens (tertiary/aromatic N) is 2. The molecule has 0 N–H and O–H groups in total. The fourth-order valence-corrected chi connectivity index (χ4v) is 1.88. The van der Waals surface area contributed by atoms with Gasteiger partial charge in [-0.1, -0.05) is 23.2 Å². The number of hydrogen-bond donors (Lipinski definition) is 0. The third kappa shape index (κ3) is 1.89. The molecule has 0 aliphatic heterocycles. The molecule has 2 nitrogen and oxygen atoms in total. The van der Waals surface area contributed by atoms with Crippen LogP contribution in [0.4, 0.5) is 0 Å². The minimum atomic E-state index is 0.475. The summed E-state index contributed by atoms with van der Waals surface area (Å²) in [7, 11) is 0. The molecule has 0 saturated heterocycles. The Morgan fingerprint density at radius 3 is 1.57 bits per heavy atom. The van der Waals surface area contributed by atoms with E-state index in [1.807, 2.05) is 0 Å². The van der Waals surface area contributed by atoms with Crippen LogP contribution in [0, 0.1) is 0 Å². The molecule has 0 radical (unpaired) electrons. The monoisotopic (exact) mass is 354 g/mol. The van der Waals surface area contributed by atoms with Crippen molar-refractivity contribution in [3.05, 3.63) is 31.4 Å². The third-order valence-electron chi connectivity index (χ3n) is 1.62. The van der Waals surface area contributed by atoms with Crippen LogP contribution in [0.2, 0.25) is 10.0 Å². The molecule has 1 aromatic carbocycles. The van der Waals surface area contributed by atoms with Crippen molar-refractivity contribution >= 4 is 66.1 Å². The fourth-order valence-electron chi connectivity index (χ4n) is 1.01. The van der Waals surface area contributed by atoms with E-state index in [2.05, 4.69) is 41.8 Å². The van der Waals surface area contributed by atoms with Gasteiger partial charge in [-0.05, 0) is 44.0 Å². The Morgan fingerprint density at radius 1 is 0.857 bits per heavy atom. The first kappa shape index (κ1) is 10.6. The largest absolute Gasteiger partial charge is 0.236 e. The molecule has 0 bridgehead atoms. The Balaban J connectivity index is 2.83. The van der Waals surface area contributed by atoms with Crippen LogP contribution in [-0.4, -0.2) is 9.97 Å². The first-order valence-corrected chi connectivity index (χ1v) is 5.90. The molecule has 0 aliphatic rings.